The molecule has 0 amide bonds. The van der Waals surface area contributed by atoms with Crippen LogP contribution in [0, 0.1) is 0 Å². The van der Waals surface area contributed by atoms with E-state index in [9.17, 15) is 0 Å². The van der Waals surface area contributed by atoms with E-state index in [-0.39, 0.29) is 10.8 Å². The zero-order valence-electron chi connectivity index (χ0n) is 8.67. The minimum Gasteiger partial charge on any atom is -0.349 e. The Hall–Kier alpha value is -0.610. The maximum Gasteiger partial charge on any atom is 0.245 e. The van der Waals surface area contributed by atoms with Crippen LogP contribution in [0.5, 0.6) is 0 Å². The third-order valence-corrected chi connectivity index (χ3v) is 3.16. The van der Waals surface area contributed by atoms with Crippen molar-refractivity contribution in [2.24, 2.45) is 0 Å². The Balaban J connectivity index is 2.40. The Kier molecular flexibility index (Phi) is 2.73. The molecule has 2 rings (SSSR count). The molecule has 2 heterocycles. The highest BCUT2D eigenvalue weighted by molar-refractivity contribution is 6.32. The zero-order valence-corrected chi connectivity index (χ0v) is 10.2. The summed E-state index contributed by atoms with van der Waals surface area (Å²) in [7, 11) is 0. The van der Waals surface area contributed by atoms with Crippen molar-refractivity contribution in [2.75, 3.05) is 11.4 Å². The van der Waals surface area contributed by atoms with Crippen molar-refractivity contribution in [3.8, 4) is 0 Å². The molecule has 0 aromatic carbocycles. The molecular formula is C9H12Cl2N4. The molecule has 0 radical (unpaired) electrons. The first-order chi connectivity index (χ1) is 7.00. The first-order valence-electron chi connectivity index (χ1n) is 4.84. The fourth-order valence-electron chi connectivity index (χ4n) is 1.96. The van der Waals surface area contributed by atoms with E-state index in [1.165, 1.54) is 0 Å². The molecule has 1 fully saturated rings. The summed E-state index contributed by atoms with van der Waals surface area (Å²) in [6.45, 7) is 5.25. The third kappa shape index (κ3) is 2.01. The molecule has 0 aliphatic carbocycles. The Morgan fingerprint density at radius 2 is 2.00 bits per heavy atom. The average Bonchev–Trinajstić information content (AvgIpc) is 2.50. The first kappa shape index (κ1) is 10.9. The lowest BCUT2D eigenvalue weighted by molar-refractivity contribution is 0.513. The molecule has 1 aromatic heterocycles. The second-order valence-corrected chi connectivity index (χ2v) is 4.96. The lowest BCUT2D eigenvalue weighted by Gasteiger charge is -2.32. The fraction of sp³-hybridized carbons (Fsp3) is 0.667. The van der Waals surface area contributed by atoms with Gasteiger partial charge >= 0.3 is 0 Å². The lowest BCUT2D eigenvalue weighted by atomic mass is 10.0. The Morgan fingerprint density at radius 1 is 1.27 bits per heavy atom. The van der Waals surface area contributed by atoms with Crippen molar-refractivity contribution < 1.29 is 0 Å². The molecule has 1 saturated heterocycles. The third-order valence-electron chi connectivity index (χ3n) is 2.76. The maximum absolute atomic E-state index is 5.97. The van der Waals surface area contributed by atoms with E-state index in [4.69, 9.17) is 23.2 Å². The van der Waals surface area contributed by atoms with Crippen LogP contribution in [0.3, 0.4) is 0 Å². The second-order valence-electron chi connectivity index (χ2n) is 4.26. The summed E-state index contributed by atoms with van der Waals surface area (Å²) in [4.78, 5) is 6.27. The van der Waals surface area contributed by atoms with Crippen molar-refractivity contribution in [1.29, 1.82) is 0 Å². The van der Waals surface area contributed by atoms with Gasteiger partial charge in [-0.25, -0.2) is 0 Å². The SMILES string of the molecule is CC1(C)CCCN1c1nc(Cl)nnc1Cl. The highest BCUT2D eigenvalue weighted by Gasteiger charge is 2.34. The summed E-state index contributed by atoms with van der Waals surface area (Å²) >= 11 is 11.7. The van der Waals surface area contributed by atoms with E-state index < -0.39 is 0 Å². The van der Waals surface area contributed by atoms with E-state index in [0.717, 1.165) is 19.4 Å². The molecule has 1 aliphatic rings. The van der Waals surface area contributed by atoms with Gasteiger partial charge in [-0.05, 0) is 38.3 Å². The Bertz CT molecular complexity index is 380. The van der Waals surface area contributed by atoms with Crippen LogP contribution >= 0.6 is 23.2 Å². The van der Waals surface area contributed by atoms with Crippen LogP contribution in [-0.4, -0.2) is 27.3 Å². The van der Waals surface area contributed by atoms with Gasteiger partial charge in [-0.15, -0.1) is 10.2 Å². The van der Waals surface area contributed by atoms with Crippen molar-refractivity contribution >= 4 is 29.0 Å². The number of hydrogen-bond acceptors (Lipinski definition) is 4. The predicted molar refractivity (Wildman–Crippen MR) is 60.5 cm³/mol. The largest absolute Gasteiger partial charge is 0.349 e. The maximum atomic E-state index is 5.97. The number of rotatable bonds is 1. The van der Waals surface area contributed by atoms with Crippen LogP contribution in [0.2, 0.25) is 10.4 Å². The van der Waals surface area contributed by atoms with Gasteiger partial charge in [0.1, 0.15) is 0 Å². The summed E-state index contributed by atoms with van der Waals surface area (Å²) in [5, 5.41) is 7.82. The highest BCUT2D eigenvalue weighted by atomic mass is 35.5. The van der Waals surface area contributed by atoms with Gasteiger partial charge in [0.2, 0.25) is 5.28 Å². The van der Waals surface area contributed by atoms with Crippen LogP contribution in [0.15, 0.2) is 0 Å². The fourth-order valence-corrected chi connectivity index (χ4v) is 2.26. The summed E-state index contributed by atoms with van der Waals surface area (Å²) in [6.07, 6.45) is 2.25. The molecule has 6 heteroatoms. The molecule has 0 N–H and O–H groups in total. The van der Waals surface area contributed by atoms with Crippen molar-refractivity contribution in [3.63, 3.8) is 0 Å². The molecule has 0 unspecified atom stereocenters. The van der Waals surface area contributed by atoms with Gasteiger partial charge in [0.25, 0.3) is 0 Å². The number of nitrogens with zero attached hydrogens (tertiary/aromatic N) is 4. The van der Waals surface area contributed by atoms with Crippen molar-refractivity contribution in [3.05, 3.63) is 10.4 Å². The number of hydrogen-bond donors (Lipinski definition) is 0. The van der Waals surface area contributed by atoms with Gasteiger partial charge in [-0.2, -0.15) is 4.98 Å². The van der Waals surface area contributed by atoms with Crippen LogP contribution < -0.4 is 4.90 Å². The van der Waals surface area contributed by atoms with E-state index in [2.05, 4.69) is 33.9 Å². The molecule has 0 atom stereocenters. The van der Waals surface area contributed by atoms with Crippen LogP contribution in [0.1, 0.15) is 26.7 Å². The molecule has 0 saturated carbocycles. The zero-order chi connectivity index (χ0) is 11.1. The summed E-state index contributed by atoms with van der Waals surface area (Å²) in [5.74, 6) is 0.638. The normalized spacial score (nSPS) is 19.6. The smallest absolute Gasteiger partial charge is 0.245 e. The number of halogens is 2. The monoisotopic (exact) mass is 246 g/mol. The molecule has 82 valence electrons. The molecule has 0 bridgehead atoms. The molecular weight excluding hydrogens is 235 g/mol. The minimum absolute atomic E-state index is 0.0585. The lowest BCUT2D eigenvalue weighted by Crippen LogP contribution is -2.39. The highest BCUT2D eigenvalue weighted by Crippen LogP contribution is 2.35. The first-order valence-corrected chi connectivity index (χ1v) is 5.60. The van der Waals surface area contributed by atoms with Crippen molar-refractivity contribution in [2.45, 2.75) is 32.2 Å². The molecule has 0 spiro atoms. The predicted octanol–water partition coefficient (Wildman–Crippen LogP) is 2.56. The Morgan fingerprint density at radius 3 is 2.60 bits per heavy atom. The number of aromatic nitrogens is 3. The van der Waals surface area contributed by atoms with Gasteiger partial charge in [0, 0.05) is 12.1 Å². The van der Waals surface area contributed by atoms with Crippen LogP contribution in [0.4, 0.5) is 5.82 Å². The van der Waals surface area contributed by atoms with Gasteiger partial charge in [0.15, 0.2) is 11.0 Å². The van der Waals surface area contributed by atoms with Gasteiger partial charge in [0.05, 0.1) is 0 Å². The molecule has 1 aromatic rings. The summed E-state index contributed by atoms with van der Waals surface area (Å²) in [5.41, 5.74) is 0.0585. The molecule has 15 heavy (non-hydrogen) atoms. The van der Waals surface area contributed by atoms with E-state index in [1.54, 1.807) is 0 Å². The van der Waals surface area contributed by atoms with Gasteiger partial charge in [-0.1, -0.05) is 11.6 Å². The van der Waals surface area contributed by atoms with E-state index in [0.29, 0.717) is 11.0 Å². The number of anilines is 1. The molecule has 4 nitrogen and oxygen atoms in total. The van der Waals surface area contributed by atoms with Gasteiger partial charge < -0.3 is 4.90 Å². The van der Waals surface area contributed by atoms with E-state index in [1.807, 2.05) is 0 Å². The average molecular weight is 247 g/mol. The summed E-state index contributed by atoms with van der Waals surface area (Å²) in [6, 6.07) is 0. The standard InChI is InChI=1S/C9H12Cl2N4/c1-9(2)4-3-5-15(9)7-6(10)13-14-8(11)12-7/h3-5H2,1-2H3. The van der Waals surface area contributed by atoms with E-state index >= 15 is 0 Å². The quantitative estimate of drug-likeness (QED) is 0.764. The van der Waals surface area contributed by atoms with Gasteiger partial charge in [-0.3, -0.25) is 0 Å². The Labute approximate surface area is 98.6 Å². The van der Waals surface area contributed by atoms with Crippen LogP contribution in [0.25, 0.3) is 0 Å². The van der Waals surface area contributed by atoms with Crippen molar-refractivity contribution in [1.82, 2.24) is 15.2 Å². The molecule has 1 aliphatic heterocycles. The van der Waals surface area contributed by atoms with Crippen LogP contribution in [-0.2, 0) is 0 Å². The second kappa shape index (κ2) is 3.76. The summed E-state index contributed by atoms with van der Waals surface area (Å²) < 4.78 is 0. The topological polar surface area (TPSA) is 41.9 Å². The minimum atomic E-state index is 0.0585.